The van der Waals surface area contributed by atoms with E-state index in [0.717, 1.165) is 87.0 Å². The second-order valence-electron chi connectivity index (χ2n) is 13.0. The monoisotopic (exact) mass is 557 g/mol. The van der Waals surface area contributed by atoms with Crippen molar-refractivity contribution in [2.45, 2.75) is 82.5 Å². The molecule has 4 saturated carbocycles. The molecule has 9 heteroatoms. The fourth-order valence-electron chi connectivity index (χ4n) is 7.08. The lowest BCUT2D eigenvalue weighted by Gasteiger charge is -2.53. The van der Waals surface area contributed by atoms with E-state index < -0.39 is 0 Å². The van der Waals surface area contributed by atoms with Gasteiger partial charge in [0.25, 0.3) is 0 Å². The summed E-state index contributed by atoms with van der Waals surface area (Å²) < 4.78 is 16.6. The molecule has 4 aliphatic carbocycles. The summed E-state index contributed by atoms with van der Waals surface area (Å²) in [6, 6.07) is 8.66. The minimum Gasteiger partial charge on any atom is -0.464 e. The number of rotatable bonds is 9. The van der Waals surface area contributed by atoms with E-state index in [1.807, 2.05) is 13.0 Å². The molecule has 8 rings (SSSR count). The number of carbonyl (C=O) groups excluding carboxylic acids is 1. The van der Waals surface area contributed by atoms with Gasteiger partial charge in [0.05, 0.1) is 25.2 Å². The van der Waals surface area contributed by atoms with Crippen LogP contribution in [-0.4, -0.2) is 52.4 Å². The third-order valence-corrected chi connectivity index (χ3v) is 10.3. The van der Waals surface area contributed by atoms with Crippen LogP contribution in [0.25, 0.3) is 11.1 Å². The molecule has 2 bridgehead atoms. The highest BCUT2D eigenvalue weighted by Gasteiger charge is 2.53. The van der Waals surface area contributed by atoms with Crippen LogP contribution in [0.5, 0.6) is 6.01 Å². The predicted octanol–water partition coefficient (Wildman–Crippen LogP) is 5.64. The number of benzene rings is 1. The molecule has 2 aromatic heterocycles. The van der Waals surface area contributed by atoms with Crippen LogP contribution < -0.4 is 9.64 Å². The molecule has 5 aliphatic rings. The Hall–Kier alpha value is -3.33. The van der Waals surface area contributed by atoms with Crippen LogP contribution >= 0.6 is 0 Å². The van der Waals surface area contributed by atoms with E-state index in [4.69, 9.17) is 19.0 Å². The van der Waals surface area contributed by atoms with Crippen LogP contribution in [0, 0.1) is 11.3 Å². The van der Waals surface area contributed by atoms with Crippen molar-refractivity contribution in [2.24, 2.45) is 11.3 Å². The first-order valence-electron chi connectivity index (χ1n) is 15.2. The molecule has 3 heterocycles. The van der Waals surface area contributed by atoms with Crippen LogP contribution in [0.15, 0.2) is 41.2 Å². The van der Waals surface area contributed by atoms with E-state index in [1.54, 1.807) is 12.4 Å². The summed E-state index contributed by atoms with van der Waals surface area (Å²) in [6.07, 6.45) is 13.0. The third-order valence-electron chi connectivity index (χ3n) is 10.3. The molecule has 3 aromatic rings. The SMILES string of the molecule is CCOc1ncc(-c2cccc(N(CC34CCC(c5noc(C6(C)COC6)n5)(CC3)CC4)C(=O)C3CCC3)c2)cn1. The van der Waals surface area contributed by atoms with Gasteiger partial charge in [-0.1, -0.05) is 23.7 Å². The summed E-state index contributed by atoms with van der Waals surface area (Å²) in [5, 5.41) is 4.49. The maximum atomic E-state index is 13.9. The van der Waals surface area contributed by atoms with E-state index in [-0.39, 0.29) is 28.1 Å². The maximum absolute atomic E-state index is 13.9. The van der Waals surface area contributed by atoms with E-state index in [9.17, 15) is 4.79 Å². The molecule has 9 nitrogen and oxygen atoms in total. The van der Waals surface area contributed by atoms with Gasteiger partial charge in [0, 0.05) is 41.5 Å². The molecule has 0 unspecified atom stereocenters. The van der Waals surface area contributed by atoms with Gasteiger partial charge in [-0.2, -0.15) is 4.98 Å². The Balaban J connectivity index is 1.11. The summed E-state index contributed by atoms with van der Waals surface area (Å²) in [5.74, 6) is 1.99. The molecule has 216 valence electrons. The average molecular weight is 558 g/mol. The number of carbonyl (C=O) groups is 1. The topological polar surface area (TPSA) is 103 Å². The molecule has 1 saturated heterocycles. The number of amides is 1. The molecule has 5 fully saturated rings. The fourth-order valence-corrected chi connectivity index (χ4v) is 7.08. The minimum atomic E-state index is -0.149. The van der Waals surface area contributed by atoms with Crippen molar-refractivity contribution in [3.05, 3.63) is 48.4 Å². The Morgan fingerprint density at radius 2 is 1.78 bits per heavy atom. The fraction of sp³-hybridized carbons (Fsp3) is 0.594. The van der Waals surface area contributed by atoms with Crippen molar-refractivity contribution in [1.82, 2.24) is 20.1 Å². The van der Waals surface area contributed by atoms with Gasteiger partial charge in [0.2, 0.25) is 11.8 Å². The van der Waals surface area contributed by atoms with Gasteiger partial charge in [-0.15, -0.1) is 0 Å². The largest absolute Gasteiger partial charge is 0.464 e. The van der Waals surface area contributed by atoms with Gasteiger partial charge in [0.15, 0.2) is 5.82 Å². The van der Waals surface area contributed by atoms with Crippen molar-refractivity contribution in [2.75, 3.05) is 31.3 Å². The summed E-state index contributed by atoms with van der Waals surface area (Å²) in [6.45, 7) is 6.62. The van der Waals surface area contributed by atoms with Crippen LogP contribution in [0.2, 0.25) is 0 Å². The molecular weight excluding hydrogens is 518 g/mol. The highest BCUT2D eigenvalue weighted by molar-refractivity contribution is 5.96. The number of anilines is 1. The normalized spacial score (nSPS) is 26.7. The van der Waals surface area contributed by atoms with Crippen LogP contribution in [0.4, 0.5) is 5.69 Å². The number of hydrogen-bond acceptors (Lipinski definition) is 8. The van der Waals surface area contributed by atoms with Crippen molar-refractivity contribution in [3.8, 4) is 17.1 Å². The zero-order valence-electron chi connectivity index (χ0n) is 24.1. The summed E-state index contributed by atoms with van der Waals surface area (Å²) in [4.78, 5) is 29.6. The second-order valence-corrected chi connectivity index (χ2v) is 13.0. The Kier molecular flexibility index (Phi) is 6.60. The molecule has 41 heavy (non-hydrogen) atoms. The predicted molar refractivity (Wildman–Crippen MR) is 153 cm³/mol. The number of ether oxygens (including phenoxy) is 2. The average Bonchev–Trinajstić information content (AvgIpc) is 3.47. The van der Waals surface area contributed by atoms with Gasteiger partial charge in [-0.05, 0) is 88.3 Å². The summed E-state index contributed by atoms with van der Waals surface area (Å²) in [7, 11) is 0. The van der Waals surface area contributed by atoms with Crippen LogP contribution in [0.1, 0.15) is 83.3 Å². The van der Waals surface area contributed by atoms with E-state index >= 15 is 0 Å². The minimum absolute atomic E-state index is 0.0131. The highest BCUT2D eigenvalue weighted by atomic mass is 16.5. The molecular formula is C32H39N5O4. The second kappa shape index (κ2) is 10.2. The number of fused-ring (bicyclic) bond motifs is 3. The zero-order chi connectivity index (χ0) is 28.1. The Morgan fingerprint density at radius 1 is 1.05 bits per heavy atom. The van der Waals surface area contributed by atoms with Gasteiger partial charge in [-0.25, -0.2) is 9.97 Å². The van der Waals surface area contributed by atoms with Crippen molar-refractivity contribution in [1.29, 1.82) is 0 Å². The third kappa shape index (κ3) is 4.72. The molecule has 0 N–H and O–H groups in total. The van der Waals surface area contributed by atoms with Crippen molar-refractivity contribution >= 4 is 11.6 Å². The smallest absolute Gasteiger partial charge is 0.316 e. The molecule has 0 spiro atoms. The first-order valence-corrected chi connectivity index (χ1v) is 15.2. The Bertz CT molecular complexity index is 1390. The lowest BCUT2D eigenvalue weighted by Crippen LogP contribution is -2.52. The quantitative estimate of drug-likeness (QED) is 0.333. The number of hydrogen-bond donors (Lipinski definition) is 0. The molecule has 1 amide bonds. The van der Waals surface area contributed by atoms with Crippen molar-refractivity contribution in [3.63, 3.8) is 0 Å². The van der Waals surface area contributed by atoms with E-state index in [1.165, 1.54) is 0 Å². The summed E-state index contributed by atoms with van der Waals surface area (Å²) in [5.41, 5.74) is 2.82. The molecule has 1 aliphatic heterocycles. The standard InChI is InChI=1S/C32H39N5O4/c1-3-40-29-33-17-24(18-34-29)23-8-5-9-25(16-23)37(26(38)22-6-4-7-22)19-31-10-13-32(14-11-31,15-12-31)27-35-28(41-36-27)30(2)20-39-21-30/h5,8-9,16-18,22H,3-4,6-7,10-15,19-21H2,1-2H3. The first kappa shape index (κ1) is 26.6. The van der Waals surface area contributed by atoms with E-state index in [2.05, 4.69) is 45.1 Å². The highest BCUT2D eigenvalue weighted by Crippen LogP contribution is 2.58. The van der Waals surface area contributed by atoms with Gasteiger partial charge in [0.1, 0.15) is 0 Å². The molecule has 0 radical (unpaired) electrons. The lowest BCUT2D eigenvalue weighted by atomic mass is 9.53. The summed E-state index contributed by atoms with van der Waals surface area (Å²) >= 11 is 0. The number of nitrogens with zero attached hydrogens (tertiary/aromatic N) is 5. The van der Waals surface area contributed by atoms with Gasteiger partial charge in [-0.3, -0.25) is 4.79 Å². The van der Waals surface area contributed by atoms with Crippen LogP contribution in [0.3, 0.4) is 0 Å². The van der Waals surface area contributed by atoms with Crippen molar-refractivity contribution < 1.29 is 18.8 Å². The first-order chi connectivity index (χ1) is 19.9. The maximum Gasteiger partial charge on any atom is 0.316 e. The zero-order valence-corrected chi connectivity index (χ0v) is 24.1. The Morgan fingerprint density at radius 3 is 2.39 bits per heavy atom. The lowest BCUT2D eigenvalue weighted by molar-refractivity contribution is -0.125. The van der Waals surface area contributed by atoms with Gasteiger partial charge >= 0.3 is 6.01 Å². The van der Waals surface area contributed by atoms with Crippen LogP contribution in [-0.2, 0) is 20.4 Å². The van der Waals surface area contributed by atoms with Gasteiger partial charge < -0.3 is 18.9 Å². The molecule has 1 aromatic carbocycles. The van der Waals surface area contributed by atoms with E-state index in [0.29, 0.717) is 31.7 Å². The Labute approximate surface area is 241 Å². The number of aromatic nitrogens is 4. The molecule has 0 atom stereocenters.